The van der Waals surface area contributed by atoms with Crippen molar-refractivity contribution in [3.8, 4) is 0 Å². The smallest absolute Gasteiger partial charge is 0.191 e. The molecule has 1 rings (SSSR count). The Hall–Kier alpha value is -0.810. The van der Waals surface area contributed by atoms with Gasteiger partial charge in [0.25, 0.3) is 0 Å². The molecule has 5 heteroatoms. The number of ether oxygens (including phenoxy) is 1. The van der Waals surface area contributed by atoms with Crippen LogP contribution in [0.1, 0.15) is 47.0 Å². The minimum absolute atomic E-state index is 0.574. The van der Waals surface area contributed by atoms with E-state index >= 15 is 0 Å². The summed E-state index contributed by atoms with van der Waals surface area (Å²) in [6, 6.07) is 0.574. The maximum Gasteiger partial charge on any atom is 0.191 e. The summed E-state index contributed by atoms with van der Waals surface area (Å²) >= 11 is 0. The van der Waals surface area contributed by atoms with E-state index in [1.165, 1.54) is 25.9 Å². The van der Waals surface area contributed by atoms with E-state index in [2.05, 4.69) is 41.3 Å². The van der Waals surface area contributed by atoms with Gasteiger partial charge in [-0.3, -0.25) is 9.89 Å². The summed E-state index contributed by atoms with van der Waals surface area (Å²) in [5.74, 6) is 2.43. The molecule has 1 saturated heterocycles. The van der Waals surface area contributed by atoms with Gasteiger partial charge in [0, 0.05) is 39.4 Å². The third-order valence-electron chi connectivity index (χ3n) is 4.72. The molecule has 0 aromatic rings. The Morgan fingerprint density at radius 2 is 1.96 bits per heavy atom. The number of hydrogen-bond donors (Lipinski definition) is 2. The van der Waals surface area contributed by atoms with Gasteiger partial charge in [-0.2, -0.15) is 0 Å². The average Bonchev–Trinajstić information content (AvgIpc) is 2.54. The quantitative estimate of drug-likeness (QED) is 0.388. The largest absolute Gasteiger partial charge is 0.382 e. The number of likely N-dealkylation sites (tertiary alicyclic amines) is 1. The normalized spacial score (nSPS) is 19.1. The van der Waals surface area contributed by atoms with Crippen LogP contribution in [0.2, 0.25) is 0 Å². The summed E-state index contributed by atoms with van der Waals surface area (Å²) < 4.78 is 5.36. The van der Waals surface area contributed by atoms with Gasteiger partial charge in [-0.1, -0.05) is 20.8 Å². The molecule has 1 heterocycles. The monoisotopic (exact) mass is 326 g/mol. The molecule has 23 heavy (non-hydrogen) atoms. The number of piperidine rings is 1. The molecule has 0 saturated carbocycles. The van der Waals surface area contributed by atoms with Crippen LogP contribution in [0.3, 0.4) is 0 Å². The predicted octanol–water partition coefficient (Wildman–Crippen LogP) is 2.33. The molecular weight excluding hydrogens is 288 g/mol. The lowest BCUT2D eigenvalue weighted by Crippen LogP contribution is -2.51. The Labute approximate surface area is 143 Å². The summed E-state index contributed by atoms with van der Waals surface area (Å²) in [5, 5.41) is 6.88. The van der Waals surface area contributed by atoms with E-state index in [4.69, 9.17) is 4.74 Å². The van der Waals surface area contributed by atoms with Crippen LogP contribution in [0.5, 0.6) is 0 Å². The van der Waals surface area contributed by atoms with E-state index < -0.39 is 0 Å². The topological polar surface area (TPSA) is 48.9 Å². The molecule has 0 bridgehead atoms. The van der Waals surface area contributed by atoms with Crippen molar-refractivity contribution >= 4 is 5.96 Å². The highest BCUT2D eigenvalue weighted by Crippen LogP contribution is 2.20. The Balaban J connectivity index is 2.35. The maximum atomic E-state index is 5.36. The second-order valence-corrected chi connectivity index (χ2v) is 6.96. The highest BCUT2D eigenvalue weighted by molar-refractivity contribution is 5.79. The van der Waals surface area contributed by atoms with Gasteiger partial charge in [0.05, 0.1) is 0 Å². The van der Waals surface area contributed by atoms with Gasteiger partial charge in [-0.15, -0.1) is 0 Å². The molecule has 0 aromatic heterocycles. The maximum absolute atomic E-state index is 5.36. The van der Waals surface area contributed by atoms with Crippen LogP contribution in [0.15, 0.2) is 4.99 Å². The number of nitrogens with zero attached hydrogens (tertiary/aromatic N) is 2. The lowest BCUT2D eigenvalue weighted by Gasteiger charge is -2.39. The van der Waals surface area contributed by atoms with Crippen molar-refractivity contribution in [1.82, 2.24) is 15.5 Å². The third kappa shape index (κ3) is 8.02. The highest BCUT2D eigenvalue weighted by atomic mass is 16.5. The van der Waals surface area contributed by atoms with Gasteiger partial charge in [-0.05, 0) is 51.1 Å². The second kappa shape index (κ2) is 11.7. The Morgan fingerprint density at radius 3 is 2.52 bits per heavy atom. The van der Waals surface area contributed by atoms with Gasteiger partial charge in [0.2, 0.25) is 0 Å². The first-order valence-electron chi connectivity index (χ1n) is 9.34. The molecular formula is C18H38N4O. The lowest BCUT2D eigenvalue weighted by molar-refractivity contribution is 0.110. The number of rotatable bonds is 9. The molecule has 1 fully saturated rings. The van der Waals surface area contributed by atoms with E-state index in [-0.39, 0.29) is 0 Å². The van der Waals surface area contributed by atoms with Crippen LogP contribution in [-0.4, -0.2) is 63.3 Å². The second-order valence-electron chi connectivity index (χ2n) is 6.96. The van der Waals surface area contributed by atoms with Crippen LogP contribution in [0.25, 0.3) is 0 Å². The van der Waals surface area contributed by atoms with E-state index in [1.807, 2.05) is 14.0 Å². The summed E-state index contributed by atoms with van der Waals surface area (Å²) in [6.07, 6.45) is 3.66. The van der Waals surface area contributed by atoms with Crippen LogP contribution in [-0.2, 0) is 4.74 Å². The standard InChI is InChI=1S/C18H38N4O/c1-6-23-13-7-10-20-18(19-5)21-14-17(15(2)3)22-11-8-16(4)9-12-22/h15-17H,6-14H2,1-5H3,(H2,19,20,21). The molecule has 1 aliphatic heterocycles. The zero-order chi connectivity index (χ0) is 17.1. The zero-order valence-electron chi connectivity index (χ0n) is 15.9. The van der Waals surface area contributed by atoms with Crippen molar-refractivity contribution in [1.29, 1.82) is 0 Å². The first kappa shape index (κ1) is 20.2. The van der Waals surface area contributed by atoms with Crippen molar-refractivity contribution in [3.05, 3.63) is 0 Å². The van der Waals surface area contributed by atoms with E-state index in [1.54, 1.807) is 0 Å². The number of nitrogens with one attached hydrogen (secondary N) is 2. The summed E-state index contributed by atoms with van der Waals surface area (Å²) in [5.41, 5.74) is 0. The minimum Gasteiger partial charge on any atom is -0.382 e. The first-order valence-corrected chi connectivity index (χ1v) is 9.34. The van der Waals surface area contributed by atoms with Gasteiger partial charge < -0.3 is 15.4 Å². The minimum atomic E-state index is 0.574. The van der Waals surface area contributed by atoms with Crippen LogP contribution in [0, 0.1) is 11.8 Å². The Morgan fingerprint density at radius 1 is 1.26 bits per heavy atom. The number of hydrogen-bond acceptors (Lipinski definition) is 3. The van der Waals surface area contributed by atoms with Gasteiger partial charge in [-0.25, -0.2) is 0 Å². The molecule has 1 unspecified atom stereocenters. The molecule has 1 atom stereocenters. The molecule has 5 nitrogen and oxygen atoms in total. The van der Waals surface area contributed by atoms with E-state index in [0.717, 1.165) is 44.6 Å². The average molecular weight is 327 g/mol. The highest BCUT2D eigenvalue weighted by Gasteiger charge is 2.25. The summed E-state index contributed by atoms with van der Waals surface area (Å²) in [4.78, 5) is 6.98. The molecule has 136 valence electrons. The van der Waals surface area contributed by atoms with Crippen LogP contribution < -0.4 is 10.6 Å². The molecule has 0 aromatic carbocycles. The fourth-order valence-corrected chi connectivity index (χ4v) is 3.09. The number of guanidine groups is 1. The van der Waals surface area contributed by atoms with E-state index in [9.17, 15) is 0 Å². The lowest BCUT2D eigenvalue weighted by atomic mass is 9.94. The fraction of sp³-hybridized carbons (Fsp3) is 0.944. The molecule has 0 amide bonds. The Bertz CT molecular complexity index is 325. The molecule has 2 N–H and O–H groups in total. The van der Waals surface area contributed by atoms with Gasteiger partial charge >= 0.3 is 0 Å². The van der Waals surface area contributed by atoms with Crippen LogP contribution in [0.4, 0.5) is 0 Å². The zero-order valence-corrected chi connectivity index (χ0v) is 15.9. The Kier molecular flexibility index (Phi) is 10.3. The van der Waals surface area contributed by atoms with Gasteiger partial charge in [0.1, 0.15) is 0 Å². The molecule has 0 spiro atoms. The summed E-state index contributed by atoms with van der Waals surface area (Å²) in [7, 11) is 1.84. The SMILES string of the molecule is CCOCCCNC(=NC)NCC(C(C)C)N1CCC(C)CC1. The van der Waals surface area contributed by atoms with Crippen molar-refractivity contribution in [2.75, 3.05) is 46.4 Å². The van der Waals surface area contributed by atoms with Crippen molar-refractivity contribution < 1.29 is 4.74 Å². The molecule has 1 aliphatic rings. The number of aliphatic imine (C=N–C) groups is 1. The van der Waals surface area contributed by atoms with Crippen molar-refractivity contribution in [3.63, 3.8) is 0 Å². The fourth-order valence-electron chi connectivity index (χ4n) is 3.09. The van der Waals surface area contributed by atoms with Gasteiger partial charge in [0.15, 0.2) is 5.96 Å². The predicted molar refractivity (Wildman–Crippen MR) is 99.1 cm³/mol. The van der Waals surface area contributed by atoms with Crippen molar-refractivity contribution in [2.24, 2.45) is 16.8 Å². The molecule has 0 aliphatic carbocycles. The third-order valence-corrected chi connectivity index (χ3v) is 4.72. The van der Waals surface area contributed by atoms with E-state index in [0.29, 0.717) is 12.0 Å². The van der Waals surface area contributed by atoms with Crippen molar-refractivity contribution in [2.45, 2.75) is 53.0 Å². The molecule has 0 radical (unpaired) electrons. The summed E-state index contributed by atoms with van der Waals surface area (Å²) in [6.45, 7) is 14.9. The first-order chi connectivity index (χ1) is 11.1. The van der Waals surface area contributed by atoms with Crippen LogP contribution >= 0.6 is 0 Å².